The van der Waals surface area contributed by atoms with Gasteiger partial charge in [0.05, 0.1) is 18.0 Å². The molecule has 0 heterocycles. The molecule has 4 rings (SSSR count). The summed E-state index contributed by atoms with van der Waals surface area (Å²) in [7, 11) is 0. The monoisotopic (exact) mass is 492 g/mol. The average Bonchev–Trinajstić information content (AvgIpc) is 2.77. The Labute approximate surface area is 199 Å². The predicted molar refractivity (Wildman–Crippen MR) is 116 cm³/mol. The predicted octanol–water partition coefficient (Wildman–Crippen LogP) is 0.244. The number of rotatable bonds is 6. The van der Waals surface area contributed by atoms with Crippen molar-refractivity contribution >= 4 is 29.0 Å². The molecule has 2 saturated carbocycles. The number of phenols is 1. The zero-order valence-corrected chi connectivity index (χ0v) is 19.0. The molecule has 5 N–H and O–H groups in total. The molecular weight excluding hydrogens is 466 g/mol. The van der Waals surface area contributed by atoms with E-state index in [1.54, 1.807) is 6.07 Å². The highest BCUT2D eigenvalue weighted by molar-refractivity contribution is 6.31. The number of aromatic hydroxyl groups is 1. The van der Waals surface area contributed by atoms with Gasteiger partial charge in [0, 0.05) is 24.4 Å². The number of carbonyl (C=O) groups excluding carboxylic acids is 5. The summed E-state index contributed by atoms with van der Waals surface area (Å²) >= 11 is 0. The van der Waals surface area contributed by atoms with E-state index in [0.717, 1.165) is 0 Å². The first-order valence-corrected chi connectivity index (χ1v) is 11.5. The Morgan fingerprint density at radius 3 is 2.49 bits per heavy atom. The van der Waals surface area contributed by atoms with E-state index in [1.807, 2.05) is 6.92 Å². The van der Waals surface area contributed by atoms with Gasteiger partial charge in [-0.3, -0.25) is 24.0 Å². The van der Waals surface area contributed by atoms with Crippen LogP contribution in [0.25, 0.3) is 0 Å². The second-order valence-electron chi connectivity index (χ2n) is 9.51. The third kappa shape index (κ3) is 3.77. The number of benzene rings is 1. The topological polar surface area (TPSA) is 164 Å². The van der Waals surface area contributed by atoms with E-state index in [9.17, 15) is 43.0 Å². The number of primary amides is 1. The average molecular weight is 492 g/mol. The summed E-state index contributed by atoms with van der Waals surface area (Å²) in [6.45, 7) is 1.07. The number of halogens is 2. The lowest BCUT2D eigenvalue weighted by atomic mass is 9.53. The Bertz CT molecular complexity index is 1150. The number of amides is 1. The zero-order chi connectivity index (χ0) is 25.8. The number of nitrogens with two attached hydrogens (primary N) is 1. The van der Waals surface area contributed by atoms with Crippen molar-refractivity contribution in [1.82, 2.24) is 5.32 Å². The van der Waals surface area contributed by atoms with E-state index in [1.165, 1.54) is 0 Å². The quantitative estimate of drug-likeness (QED) is 0.410. The molecule has 0 bridgehead atoms. The van der Waals surface area contributed by atoms with Crippen LogP contribution in [-0.2, 0) is 38.6 Å². The largest absolute Gasteiger partial charge is 0.507 e. The van der Waals surface area contributed by atoms with Gasteiger partial charge in [-0.05, 0) is 36.3 Å². The van der Waals surface area contributed by atoms with Gasteiger partial charge < -0.3 is 21.3 Å². The molecule has 3 aliphatic rings. The summed E-state index contributed by atoms with van der Waals surface area (Å²) in [4.78, 5) is 64.1. The molecule has 0 saturated heterocycles. The summed E-state index contributed by atoms with van der Waals surface area (Å²) in [5.41, 5.74) is 3.77. The van der Waals surface area contributed by atoms with Crippen LogP contribution in [-0.4, -0.2) is 57.8 Å². The van der Waals surface area contributed by atoms with Gasteiger partial charge in [0.25, 0.3) is 6.43 Å². The maximum atomic E-state index is 13.6. The fourth-order valence-corrected chi connectivity index (χ4v) is 5.94. The van der Waals surface area contributed by atoms with Crippen molar-refractivity contribution in [2.24, 2.45) is 29.4 Å². The highest BCUT2D eigenvalue weighted by atomic mass is 19.3. The summed E-state index contributed by atoms with van der Waals surface area (Å²) in [6, 6.07) is 1.63. The maximum absolute atomic E-state index is 13.6. The minimum Gasteiger partial charge on any atom is -0.507 e. The molecule has 0 aromatic heterocycles. The van der Waals surface area contributed by atoms with Crippen molar-refractivity contribution in [2.75, 3.05) is 6.54 Å². The minimum absolute atomic E-state index is 0.0165. The number of aliphatic hydroxyl groups is 1. The molecule has 1 aromatic carbocycles. The number of fused-ring (bicyclic) bond motifs is 3. The van der Waals surface area contributed by atoms with Crippen LogP contribution in [0.1, 0.15) is 46.8 Å². The lowest BCUT2D eigenvalue weighted by molar-refractivity contribution is -0.175. The molecule has 0 radical (unpaired) electrons. The normalized spacial score (nSPS) is 30.2. The molecular formula is C24H26F2N2O7. The summed E-state index contributed by atoms with van der Waals surface area (Å²) in [5, 5.41) is 24.6. The van der Waals surface area contributed by atoms with E-state index in [0.29, 0.717) is 17.5 Å². The van der Waals surface area contributed by atoms with Crippen LogP contribution in [0.15, 0.2) is 6.07 Å². The van der Waals surface area contributed by atoms with E-state index >= 15 is 0 Å². The first kappa shape index (κ1) is 25.1. The Morgan fingerprint density at radius 1 is 1.20 bits per heavy atom. The van der Waals surface area contributed by atoms with Gasteiger partial charge in [-0.1, -0.05) is 13.0 Å². The maximum Gasteiger partial charge on any atom is 0.250 e. The molecule has 11 heteroatoms. The number of carbonyl (C=O) groups is 5. The minimum atomic E-state index is -2.71. The molecule has 0 aliphatic heterocycles. The molecule has 5 atom stereocenters. The van der Waals surface area contributed by atoms with Gasteiger partial charge in [0.2, 0.25) is 5.91 Å². The third-order valence-corrected chi connectivity index (χ3v) is 7.57. The molecule has 1 amide bonds. The number of ketones is 4. The van der Waals surface area contributed by atoms with Crippen LogP contribution in [0, 0.1) is 23.7 Å². The summed E-state index contributed by atoms with van der Waals surface area (Å²) < 4.78 is 25.1. The third-order valence-electron chi connectivity index (χ3n) is 7.57. The van der Waals surface area contributed by atoms with Crippen LogP contribution in [0.4, 0.5) is 8.78 Å². The van der Waals surface area contributed by atoms with Gasteiger partial charge >= 0.3 is 0 Å². The number of hydrogen-bond donors (Lipinski definition) is 4. The van der Waals surface area contributed by atoms with Crippen molar-refractivity contribution in [1.29, 1.82) is 0 Å². The number of Topliss-reactive ketones (excluding diaryl/α,β-unsaturated/α-hetero) is 4. The fraction of sp³-hybridized carbons (Fsp3) is 0.542. The van der Waals surface area contributed by atoms with Crippen LogP contribution in [0.3, 0.4) is 0 Å². The number of nitrogens with one attached hydrogen (secondary N) is 1. The summed E-state index contributed by atoms with van der Waals surface area (Å²) in [5.74, 6) is -10.8. The Kier molecular flexibility index (Phi) is 6.35. The van der Waals surface area contributed by atoms with E-state index < -0.39 is 83.5 Å². The van der Waals surface area contributed by atoms with Crippen LogP contribution in [0.5, 0.6) is 5.75 Å². The van der Waals surface area contributed by atoms with Crippen LogP contribution in [0.2, 0.25) is 0 Å². The van der Waals surface area contributed by atoms with E-state index in [2.05, 4.69) is 5.32 Å². The second kappa shape index (κ2) is 8.87. The SMILES string of the molecule is CCc1cc(CNCC(F)F)c(O)c2c1C[C@H]1C[C@H]3CC(=O)C(C(N)=O)C(=O)[C@@]3(O)C(=O)C1C2=O. The van der Waals surface area contributed by atoms with E-state index in [-0.39, 0.29) is 30.5 Å². The van der Waals surface area contributed by atoms with E-state index in [4.69, 9.17) is 5.73 Å². The number of alkyl halides is 2. The van der Waals surface area contributed by atoms with Gasteiger partial charge in [-0.2, -0.15) is 0 Å². The molecule has 9 nitrogen and oxygen atoms in total. The summed E-state index contributed by atoms with van der Waals surface area (Å²) in [6.07, 6.45) is -2.34. The van der Waals surface area contributed by atoms with Gasteiger partial charge in [0.15, 0.2) is 34.7 Å². The highest BCUT2D eigenvalue weighted by Gasteiger charge is 2.66. The van der Waals surface area contributed by atoms with Crippen LogP contribution < -0.4 is 11.1 Å². The second-order valence-corrected chi connectivity index (χ2v) is 9.51. The number of hydrogen-bond acceptors (Lipinski definition) is 8. The molecule has 35 heavy (non-hydrogen) atoms. The fourth-order valence-electron chi connectivity index (χ4n) is 5.94. The van der Waals surface area contributed by atoms with Gasteiger partial charge in [0.1, 0.15) is 5.75 Å². The number of aryl methyl sites for hydroxylation is 1. The van der Waals surface area contributed by atoms with Crippen molar-refractivity contribution in [3.8, 4) is 5.75 Å². The molecule has 3 aliphatic carbocycles. The van der Waals surface area contributed by atoms with Crippen molar-refractivity contribution in [2.45, 2.75) is 51.2 Å². The lowest BCUT2D eigenvalue weighted by Gasteiger charge is -2.48. The first-order chi connectivity index (χ1) is 16.4. The van der Waals surface area contributed by atoms with Crippen LogP contribution >= 0.6 is 0 Å². The van der Waals surface area contributed by atoms with Crippen molar-refractivity contribution in [3.05, 3.63) is 28.3 Å². The standard InChI is InChI=1S/C24H26F2N2O7/c1-2-9-3-11(7-28-8-15(25)26)19(30)17-13(9)5-10-4-12-6-14(29)18(23(27)34)22(33)24(12,35)21(32)16(10)20(17)31/h3,10,12,15-16,18,28,30,35H,2,4-8H2,1H3,(H2,27,34)/t10-,12+,16?,18?,24+/m1/s1. The molecule has 1 aromatic rings. The van der Waals surface area contributed by atoms with Gasteiger partial charge in [-0.15, -0.1) is 0 Å². The van der Waals surface area contributed by atoms with Gasteiger partial charge in [-0.25, -0.2) is 8.78 Å². The van der Waals surface area contributed by atoms with Crippen molar-refractivity contribution in [3.63, 3.8) is 0 Å². The Hall–Kier alpha value is -3.05. The molecule has 0 spiro atoms. The Balaban J connectivity index is 1.76. The van der Waals surface area contributed by atoms with Crippen molar-refractivity contribution < 1.29 is 43.0 Å². The molecule has 188 valence electrons. The first-order valence-electron chi connectivity index (χ1n) is 11.5. The molecule has 2 fully saturated rings. The Morgan fingerprint density at radius 2 is 1.89 bits per heavy atom. The zero-order valence-electron chi connectivity index (χ0n) is 19.0. The highest BCUT2D eigenvalue weighted by Crippen LogP contribution is 2.50. The lowest BCUT2D eigenvalue weighted by Crippen LogP contribution is -2.68. The molecule has 2 unspecified atom stereocenters. The smallest absolute Gasteiger partial charge is 0.250 e. The number of phenolic OH excluding ortho intramolecular Hbond substituents is 1.